The van der Waals surface area contributed by atoms with Crippen molar-refractivity contribution in [1.29, 1.82) is 0 Å². The van der Waals surface area contributed by atoms with Crippen LogP contribution in [-0.2, 0) is 21.9 Å². The summed E-state index contributed by atoms with van der Waals surface area (Å²) >= 11 is 1.39. The Bertz CT molecular complexity index is 1220. The van der Waals surface area contributed by atoms with Crippen LogP contribution in [0.3, 0.4) is 0 Å². The van der Waals surface area contributed by atoms with E-state index in [0.717, 1.165) is 22.0 Å². The van der Waals surface area contributed by atoms with Crippen LogP contribution in [0.5, 0.6) is 0 Å². The third-order valence-corrected chi connectivity index (χ3v) is 8.12. The van der Waals surface area contributed by atoms with Gasteiger partial charge in [0.1, 0.15) is 0 Å². The molecule has 1 saturated heterocycles. The predicted molar refractivity (Wildman–Crippen MR) is 132 cm³/mol. The summed E-state index contributed by atoms with van der Waals surface area (Å²) in [4.78, 5) is 18.9. The molecule has 33 heavy (non-hydrogen) atoms. The van der Waals surface area contributed by atoms with Gasteiger partial charge in [-0.3, -0.25) is 4.79 Å². The average Bonchev–Trinajstić information content (AvgIpc) is 3.22. The summed E-state index contributed by atoms with van der Waals surface area (Å²) in [6.07, 6.45) is 3.41. The first-order chi connectivity index (χ1) is 15.9. The highest BCUT2D eigenvalue weighted by Gasteiger charge is 2.27. The first-order valence-corrected chi connectivity index (χ1v) is 13.1. The van der Waals surface area contributed by atoms with Crippen LogP contribution in [0, 0.1) is 0 Å². The molecule has 0 spiro atoms. The number of hydrogen-bond acceptors (Lipinski definition) is 5. The topological polar surface area (TPSA) is 75.5 Å². The van der Waals surface area contributed by atoms with Gasteiger partial charge in [-0.25, -0.2) is 13.4 Å². The van der Waals surface area contributed by atoms with Gasteiger partial charge in [-0.15, -0.1) is 0 Å². The first-order valence-electron chi connectivity index (χ1n) is 10.6. The zero-order valence-corrected chi connectivity index (χ0v) is 20.0. The monoisotopic (exact) mass is 482 g/mol. The van der Waals surface area contributed by atoms with Crippen LogP contribution >= 0.6 is 11.8 Å². The summed E-state index contributed by atoms with van der Waals surface area (Å²) in [6, 6.07) is 19.3. The van der Waals surface area contributed by atoms with E-state index in [1.165, 1.54) is 21.5 Å². The highest BCUT2D eigenvalue weighted by Crippen LogP contribution is 2.25. The number of rotatable bonds is 7. The number of benzene rings is 2. The van der Waals surface area contributed by atoms with Crippen molar-refractivity contribution in [3.05, 3.63) is 77.8 Å². The molecule has 0 aliphatic carbocycles. The zero-order chi connectivity index (χ0) is 23.3. The largest absolute Gasteiger partial charge is 0.339 e. The molecule has 1 aliphatic heterocycles. The smallest absolute Gasteiger partial charge is 0.236 e. The molecule has 2 aromatic carbocycles. The van der Waals surface area contributed by atoms with Crippen LogP contribution in [0.25, 0.3) is 17.3 Å². The van der Waals surface area contributed by atoms with Crippen molar-refractivity contribution in [2.45, 2.75) is 5.16 Å². The molecule has 4 rings (SSSR count). The lowest BCUT2D eigenvalue weighted by atomic mass is 10.2. The number of carbonyl (C=O) groups is 1. The average molecular weight is 483 g/mol. The molecule has 1 fully saturated rings. The minimum atomic E-state index is -3.52. The van der Waals surface area contributed by atoms with Gasteiger partial charge in [-0.1, -0.05) is 72.4 Å². The minimum absolute atomic E-state index is 0.0128. The van der Waals surface area contributed by atoms with E-state index in [-0.39, 0.29) is 11.7 Å². The fourth-order valence-corrected chi connectivity index (χ4v) is 5.66. The number of hydrogen-bond donors (Lipinski definition) is 0. The van der Waals surface area contributed by atoms with Crippen LogP contribution in [-0.4, -0.2) is 65.0 Å². The van der Waals surface area contributed by atoms with Crippen LogP contribution < -0.4 is 0 Å². The van der Waals surface area contributed by atoms with Gasteiger partial charge in [0.25, 0.3) is 0 Å². The Labute approximate surface area is 198 Å². The number of piperazine rings is 1. The zero-order valence-electron chi connectivity index (χ0n) is 18.4. The van der Waals surface area contributed by atoms with Crippen LogP contribution in [0.15, 0.2) is 77.4 Å². The standard InChI is InChI=1S/C24H26N4O3S2/c1-26-22(21-10-6-3-7-11-21)18-25-24(26)32-19-23(29)27-13-15-28(16-14-27)33(30,31)17-12-20-8-4-2-5-9-20/h2-12,17-18H,13-16,19H2,1H3/b17-12+. The lowest BCUT2D eigenvalue weighted by Crippen LogP contribution is -2.50. The number of imidazole rings is 1. The van der Waals surface area contributed by atoms with Crippen molar-refractivity contribution in [3.63, 3.8) is 0 Å². The number of aromatic nitrogens is 2. The Balaban J connectivity index is 1.29. The van der Waals surface area contributed by atoms with Crippen molar-refractivity contribution in [2.75, 3.05) is 31.9 Å². The second-order valence-electron chi connectivity index (χ2n) is 7.68. The lowest BCUT2D eigenvalue weighted by Gasteiger charge is -2.33. The Morgan fingerprint density at radius 2 is 1.64 bits per heavy atom. The maximum atomic E-state index is 12.7. The summed E-state index contributed by atoms with van der Waals surface area (Å²) in [5.41, 5.74) is 2.90. The van der Waals surface area contributed by atoms with Gasteiger partial charge >= 0.3 is 0 Å². The van der Waals surface area contributed by atoms with E-state index in [1.54, 1.807) is 11.0 Å². The van der Waals surface area contributed by atoms with E-state index in [0.29, 0.717) is 26.2 Å². The molecule has 0 unspecified atom stereocenters. The van der Waals surface area contributed by atoms with Crippen molar-refractivity contribution in [2.24, 2.45) is 7.05 Å². The molecule has 0 N–H and O–H groups in total. The fourth-order valence-electron chi connectivity index (χ4n) is 3.63. The number of sulfonamides is 1. The van der Waals surface area contributed by atoms with E-state index in [2.05, 4.69) is 4.98 Å². The summed E-state index contributed by atoms with van der Waals surface area (Å²) in [5.74, 6) is 0.251. The molecular weight excluding hydrogens is 456 g/mol. The second kappa shape index (κ2) is 10.4. The van der Waals surface area contributed by atoms with E-state index >= 15 is 0 Å². The molecule has 3 aromatic rings. The molecule has 2 heterocycles. The number of thioether (sulfide) groups is 1. The fraction of sp³-hybridized carbons (Fsp3) is 0.250. The van der Waals surface area contributed by atoms with Gasteiger partial charge < -0.3 is 9.47 Å². The van der Waals surface area contributed by atoms with E-state index in [4.69, 9.17) is 0 Å². The molecule has 1 amide bonds. The third-order valence-electron chi connectivity index (χ3n) is 5.52. The normalized spacial score (nSPS) is 15.2. The van der Waals surface area contributed by atoms with Crippen molar-refractivity contribution >= 4 is 33.8 Å². The quantitative estimate of drug-likeness (QED) is 0.483. The van der Waals surface area contributed by atoms with Crippen molar-refractivity contribution in [3.8, 4) is 11.3 Å². The summed E-state index contributed by atoms with van der Waals surface area (Å²) in [7, 11) is -1.58. The maximum Gasteiger partial charge on any atom is 0.236 e. The number of amides is 1. The number of carbonyl (C=O) groups excluding carboxylic acids is 1. The molecule has 172 valence electrons. The van der Waals surface area contributed by atoms with E-state index in [1.807, 2.05) is 78.5 Å². The van der Waals surface area contributed by atoms with Gasteiger partial charge in [0.2, 0.25) is 15.9 Å². The van der Waals surface area contributed by atoms with Gasteiger partial charge in [-0.2, -0.15) is 4.31 Å². The molecule has 1 aromatic heterocycles. The van der Waals surface area contributed by atoms with E-state index in [9.17, 15) is 13.2 Å². The Morgan fingerprint density at radius 1 is 1.00 bits per heavy atom. The molecule has 0 saturated carbocycles. The molecule has 0 atom stereocenters. The van der Waals surface area contributed by atoms with Gasteiger partial charge in [0.05, 0.1) is 17.6 Å². The van der Waals surface area contributed by atoms with Gasteiger partial charge in [0.15, 0.2) is 5.16 Å². The molecular formula is C24H26N4O3S2. The SMILES string of the molecule is Cn1c(-c2ccccc2)cnc1SCC(=O)N1CCN(S(=O)(=O)/C=C/c2ccccc2)CC1. The summed E-state index contributed by atoms with van der Waals surface area (Å²) in [6.45, 7) is 1.35. The highest BCUT2D eigenvalue weighted by molar-refractivity contribution is 7.99. The van der Waals surface area contributed by atoms with Crippen LogP contribution in [0.2, 0.25) is 0 Å². The lowest BCUT2D eigenvalue weighted by molar-refractivity contribution is -0.129. The molecule has 0 radical (unpaired) electrons. The van der Waals surface area contributed by atoms with Gasteiger partial charge in [-0.05, 0) is 17.2 Å². The van der Waals surface area contributed by atoms with Crippen molar-refractivity contribution in [1.82, 2.24) is 18.8 Å². The second-order valence-corrected chi connectivity index (χ2v) is 10.4. The van der Waals surface area contributed by atoms with Gasteiger partial charge in [0, 0.05) is 38.6 Å². The summed E-state index contributed by atoms with van der Waals surface area (Å²) < 4.78 is 28.7. The number of nitrogens with zero attached hydrogens (tertiary/aromatic N) is 4. The molecule has 9 heteroatoms. The molecule has 0 bridgehead atoms. The van der Waals surface area contributed by atoms with Crippen LogP contribution in [0.4, 0.5) is 0 Å². The van der Waals surface area contributed by atoms with E-state index < -0.39 is 10.0 Å². The Hall–Kier alpha value is -2.88. The third kappa shape index (κ3) is 5.73. The molecule has 1 aliphatic rings. The predicted octanol–water partition coefficient (Wildman–Crippen LogP) is 3.32. The maximum absolute atomic E-state index is 12.7. The first kappa shape index (κ1) is 23.3. The van der Waals surface area contributed by atoms with Crippen LogP contribution in [0.1, 0.15) is 5.56 Å². The van der Waals surface area contributed by atoms with Crippen molar-refractivity contribution < 1.29 is 13.2 Å². The minimum Gasteiger partial charge on any atom is -0.339 e. The Kier molecular flexibility index (Phi) is 7.32. The summed E-state index contributed by atoms with van der Waals surface area (Å²) in [5, 5.41) is 2.01. The highest BCUT2D eigenvalue weighted by atomic mass is 32.2. The Morgan fingerprint density at radius 3 is 2.30 bits per heavy atom. The molecule has 7 nitrogen and oxygen atoms in total.